The van der Waals surface area contributed by atoms with Crippen molar-refractivity contribution in [1.82, 2.24) is 4.98 Å². The Kier molecular flexibility index (Phi) is 3.63. The number of nitrogens with two attached hydrogens (primary N) is 1. The van der Waals surface area contributed by atoms with Crippen molar-refractivity contribution in [3.63, 3.8) is 0 Å². The lowest BCUT2D eigenvalue weighted by atomic mass is 10.1. The van der Waals surface area contributed by atoms with Gasteiger partial charge < -0.3 is 10.6 Å². The molecule has 0 unspecified atom stereocenters. The van der Waals surface area contributed by atoms with Gasteiger partial charge in [0.1, 0.15) is 0 Å². The van der Waals surface area contributed by atoms with Crippen LogP contribution in [0.3, 0.4) is 0 Å². The molecule has 0 aliphatic rings. The van der Waals surface area contributed by atoms with Crippen molar-refractivity contribution < 1.29 is 0 Å². The molecule has 0 spiro atoms. The molecule has 0 saturated carbocycles. The van der Waals surface area contributed by atoms with E-state index in [4.69, 9.17) is 5.73 Å². The van der Waals surface area contributed by atoms with Gasteiger partial charge in [-0.25, -0.2) is 0 Å². The van der Waals surface area contributed by atoms with Crippen LogP contribution < -0.4 is 10.6 Å². The van der Waals surface area contributed by atoms with E-state index in [2.05, 4.69) is 48.1 Å². The molecule has 0 aliphatic carbocycles. The van der Waals surface area contributed by atoms with Gasteiger partial charge in [0.15, 0.2) is 0 Å². The van der Waals surface area contributed by atoms with Crippen molar-refractivity contribution in [2.45, 2.75) is 20.4 Å². The van der Waals surface area contributed by atoms with Crippen molar-refractivity contribution in [3.8, 4) is 0 Å². The van der Waals surface area contributed by atoms with Crippen LogP contribution in [0.1, 0.15) is 16.8 Å². The number of benzene rings is 1. The van der Waals surface area contributed by atoms with Crippen molar-refractivity contribution in [2.75, 3.05) is 11.9 Å². The van der Waals surface area contributed by atoms with Crippen molar-refractivity contribution in [3.05, 3.63) is 53.3 Å². The Morgan fingerprint density at radius 1 is 1.17 bits per heavy atom. The van der Waals surface area contributed by atoms with Crippen molar-refractivity contribution >= 4 is 11.4 Å². The van der Waals surface area contributed by atoms with Crippen LogP contribution in [0, 0.1) is 13.8 Å². The molecule has 3 nitrogen and oxygen atoms in total. The van der Waals surface area contributed by atoms with Gasteiger partial charge in [-0.15, -0.1) is 0 Å². The molecule has 0 fully saturated rings. The molecule has 0 atom stereocenters. The van der Waals surface area contributed by atoms with Crippen LogP contribution in [-0.2, 0) is 6.54 Å². The van der Waals surface area contributed by atoms with Crippen molar-refractivity contribution in [1.29, 1.82) is 0 Å². The first-order chi connectivity index (χ1) is 8.63. The molecule has 0 radical (unpaired) electrons. The molecule has 3 heteroatoms. The fourth-order valence-electron chi connectivity index (χ4n) is 2.11. The summed E-state index contributed by atoms with van der Waals surface area (Å²) in [5.41, 5.74) is 11.4. The lowest BCUT2D eigenvalue weighted by Crippen LogP contribution is -2.15. The number of rotatable bonds is 3. The lowest BCUT2D eigenvalue weighted by molar-refractivity contribution is 1.01. The van der Waals surface area contributed by atoms with Gasteiger partial charge in [0.05, 0.1) is 0 Å². The van der Waals surface area contributed by atoms with E-state index in [0.717, 1.165) is 16.9 Å². The third-order valence-corrected chi connectivity index (χ3v) is 3.16. The minimum Gasteiger partial charge on any atom is -0.344 e. The fourth-order valence-corrected chi connectivity index (χ4v) is 2.11. The van der Waals surface area contributed by atoms with Gasteiger partial charge in [-0.1, -0.05) is 18.2 Å². The maximum atomic E-state index is 5.79. The largest absolute Gasteiger partial charge is 0.344 e. The van der Waals surface area contributed by atoms with E-state index in [9.17, 15) is 0 Å². The van der Waals surface area contributed by atoms with Gasteiger partial charge in [-0.2, -0.15) is 0 Å². The van der Waals surface area contributed by atoms with Gasteiger partial charge in [-0.05, 0) is 31.5 Å². The van der Waals surface area contributed by atoms with E-state index in [-0.39, 0.29) is 0 Å². The van der Waals surface area contributed by atoms with E-state index >= 15 is 0 Å². The monoisotopic (exact) mass is 241 g/mol. The minimum absolute atomic E-state index is 0.499. The first kappa shape index (κ1) is 12.6. The molecular formula is C15H19N3. The summed E-state index contributed by atoms with van der Waals surface area (Å²) >= 11 is 0. The van der Waals surface area contributed by atoms with Gasteiger partial charge in [0.2, 0.25) is 0 Å². The second kappa shape index (κ2) is 5.19. The first-order valence-electron chi connectivity index (χ1n) is 6.08. The van der Waals surface area contributed by atoms with Crippen LogP contribution in [0.2, 0.25) is 0 Å². The van der Waals surface area contributed by atoms with Crippen LogP contribution in [0.4, 0.5) is 11.4 Å². The lowest BCUT2D eigenvalue weighted by Gasteiger charge is -2.24. The van der Waals surface area contributed by atoms with Crippen LogP contribution in [0.5, 0.6) is 0 Å². The molecule has 0 bridgehead atoms. The summed E-state index contributed by atoms with van der Waals surface area (Å²) in [5.74, 6) is 0. The van der Waals surface area contributed by atoms with Crippen LogP contribution >= 0.6 is 0 Å². The minimum atomic E-state index is 0.499. The van der Waals surface area contributed by atoms with E-state index in [1.54, 1.807) is 0 Å². The smallest absolute Gasteiger partial charge is 0.0487 e. The Bertz CT molecular complexity index is 549. The van der Waals surface area contributed by atoms with E-state index in [0.29, 0.717) is 6.54 Å². The molecule has 2 rings (SSSR count). The summed E-state index contributed by atoms with van der Waals surface area (Å²) in [6.07, 6.45) is 1.86. The summed E-state index contributed by atoms with van der Waals surface area (Å²) in [5, 5.41) is 0. The molecule has 1 heterocycles. The topological polar surface area (TPSA) is 42.1 Å². The molecule has 2 N–H and O–H groups in total. The second-order valence-electron chi connectivity index (χ2n) is 4.50. The standard InChI is InChI=1S/C15H19N3/c1-11-6-4-5-7-14(11)18(3)15-8-12(2)17-10-13(15)9-16/h4-8,10H,9,16H2,1-3H3. The Morgan fingerprint density at radius 3 is 2.56 bits per heavy atom. The van der Waals surface area contributed by atoms with Gasteiger partial charge >= 0.3 is 0 Å². The van der Waals surface area contributed by atoms with E-state index < -0.39 is 0 Å². The molecule has 0 saturated heterocycles. The second-order valence-corrected chi connectivity index (χ2v) is 4.50. The Morgan fingerprint density at radius 2 is 1.89 bits per heavy atom. The number of aromatic nitrogens is 1. The zero-order chi connectivity index (χ0) is 13.1. The number of para-hydroxylation sites is 1. The molecule has 1 aromatic carbocycles. The summed E-state index contributed by atoms with van der Waals surface area (Å²) in [7, 11) is 2.07. The van der Waals surface area contributed by atoms with Gasteiger partial charge in [0.25, 0.3) is 0 Å². The quantitative estimate of drug-likeness (QED) is 0.898. The summed E-state index contributed by atoms with van der Waals surface area (Å²) < 4.78 is 0. The van der Waals surface area contributed by atoms with Crippen molar-refractivity contribution in [2.24, 2.45) is 5.73 Å². The number of nitrogens with zero attached hydrogens (tertiary/aromatic N) is 2. The SMILES string of the molecule is Cc1cc(N(C)c2ccccc2C)c(CN)cn1. The molecular weight excluding hydrogens is 222 g/mol. The molecule has 1 aromatic heterocycles. The van der Waals surface area contributed by atoms with E-state index in [1.807, 2.05) is 19.2 Å². The van der Waals surface area contributed by atoms with Gasteiger partial charge in [-0.3, -0.25) is 4.98 Å². The Labute approximate surface area is 108 Å². The highest BCUT2D eigenvalue weighted by Gasteiger charge is 2.10. The zero-order valence-corrected chi connectivity index (χ0v) is 11.1. The maximum Gasteiger partial charge on any atom is 0.0487 e. The number of pyridine rings is 1. The number of hydrogen-bond acceptors (Lipinski definition) is 3. The molecule has 2 aromatic rings. The zero-order valence-electron chi connectivity index (χ0n) is 11.1. The normalized spacial score (nSPS) is 10.4. The molecule has 0 amide bonds. The van der Waals surface area contributed by atoms with Crippen LogP contribution in [0.15, 0.2) is 36.5 Å². The Balaban J connectivity index is 2.48. The molecule has 0 aliphatic heterocycles. The summed E-state index contributed by atoms with van der Waals surface area (Å²) in [4.78, 5) is 6.48. The highest BCUT2D eigenvalue weighted by Crippen LogP contribution is 2.29. The highest BCUT2D eigenvalue weighted by atomic mass is 15.1. The number of anilines is 2. The first-order valence-corrected chi connectivity index (χ1v) is 6.08. The van der Waals surface area contributed by atoms with Crippen LogP contribution in [-0.4, -0.2) is 12.0 Å². The third-order valence-electron chi connectivity index (χ3n) is 3.16. The predicted octanol–water partition coefficient (Wildman–Crippen LogP) is 2.93. The number of hydrogen-bond donors (Lipinski definition) is 1. The molecule has 18 heavy (non-hydrogen) atoms. The average Bonchev–Trinajstić information content (AvgIpc) is 2.38. The maximum absolute atomic E-state index is 5.79. The van der Waals surface area contributed by atoms with Gasteiger partial charge in [0, 0.05) is 42.4 Å². The Hall–Kier alpha value is -1.87. The number of aryl methyl sites for hydroxylation is 2. The molecule has 94 valence electrons. The third kappa shape index (κ3) is 2.36. The van der Waals surface area contributed by atoms with Crippen LogP contribution in [0.25, 0.3) is 0 Å². The predicted molar refractivity (Wildman–Crippen MR) is 76.1 cm³/mol. The summed E-state index contributed by atoms with van der Waals surface area (Å²) in [6.45, 7) is 4.61. The highest BCUT2D eigenvalue weighted by molar-refractivity contribution is 5.68. The fraction of sp³-hybridized carbons (Fsp3) is 0.267. The average molecular weight is 241 g/mol. The summed E-state index contributed by atoms with van der Waals surface area (Å²) in [6, 6.07) is 10.4. The van der Waals surface area contributed by atoms with E-state index in [1.165, 1.54) is 11.3 Å².